The maximum atomic E-state index is 13.2. The van der Waals surface area contributed by atoms with E-state index in [2.05, 4.69) is 5.10 Å². The second-order valence-corrected chi connectivity index (χ2v) is 3.91. The standard InChI is InChI=1S/C9H13F3N2.C2H6/c1-6-4-14(5-9(2,3)12)13-7(6)8(10)11;1-2/h4,8H,5H2,1-3H3;1-2H3. The van der Waals surface area contributed by atoms with Gasteiger partial charge in [0.05, 0.1) is 6.54 Å². The van der Waals surface area contributed by atoms with Gasteiger partial charge in [-0.05, 0) is 26.3 Å². The lowest BCUT2D eigenvalue weighted by Gasteiger charge is -2.13. The van der Waals surface area contributed by atoms with Crippen LogP contribution < -0.4 is 0 Å². The van der Waals surface area contributed by atoms with E-state index >= 15 is 0 Å². The molecule has 0 unspecified atom stereocenters. The molecule has 0 fully saturated rings. The van der Waals surface area contributed by atoms with Crippen molar-refractivity contribution >= 4 is 0 Å². The summed E-state index contributed by atoms with van der Waals surface area (Å²) in [5, 5.41) is 3.62. The van der Waals surface area contributed by atoms with Crippen LogP contribution in [0.15, 0.2) is 6.20 Å². The summed E-state index contributed by atoms with van der Waals surface area (Å²) in [6, 6.07) is 0. The Hall–Kier alpha value is -1.00. The summed E-state index contributed by atoms with van der Waals surface area (Å²) in [4.78, 5) is 0. The van der Waals surface area contributed by atoms with E-state index in [-0.39, 0.29) is 12.2 Å². The smallest absolute Gasteiger partial charge is 0.269 e. The normalized spacial score (nSPS) is 11.3. The predicted molar refractivity (Wildman–Crippen MR) is 58.5 cm³/mol. The number of hydrogen-bond acceptors (Lipinski definition) is 1. The molecule has 1 aromatic heterocycles. The van der Waals surface area contributed by atoms with Crippen molar-refractivity contribution in [2.24, 2.45) is 0 Å². The minimum Gasteiger partial charge on any atom is -0.269 e. The van der Waals surface area contributed by atoms with Crippen LogP contribution >= 0.6 is 0 Å². The Labute approximate surface area is 94.5 Å². The molecule has 2 nitrogen and oxygen atoms in total. The molecule has 0 aromatic carbocycles. The van der Waals surface area contributed by atoms with Crippen LogP contribution in [0.3, 0.4) is 0 Å². The zero-order valence-corrected chi connectivity index (χ0v) is 10.4. The highest BCUT2D eigenvalue weighted by molar-refractivity contribution is 5.15. The van der Waals surface area contributed by atoms with Gasteiger partial charge in [0.1, 0.15) is 11.4 Å². The molecular formula is C11H19F3N2. The molecule has 94 valence electrons. The van der Waals surface area contributed by atoms with Gasteiger partial charge in [0.15, 0.2) is 0 Å². The second kappa shape index (κ2) is 5.92. The van der Waals surface area contributed by atoms with Crippen LogP contribution in [-0.2, 0) is 6.54 Å². The molecule has 0 atom stereocenters. The average Bonchev–Trinajstić information content (AvgIpc) is 2.47. The maximum Gasteiger partial charge on any atom is 0.282 e. The Morgan fingerprint density at radius 1 is 1.38 bits per heavy atom. The predicted octanol–water partition coefficient (Wildman–Crippen LogP) is 3.90. The summed E-state index contributed by atoms with van der Waals surface area (Å²) in [6.07, 6.45) is -1.16. The van der Waals surface area contributed by atoms with E-state index in [0.717, 1.165) is 0 Å². The molecule has 16 heavy (non-hydrogen) atoms. The van der Waals surface area contributed by atoms with E-state index in [0.29, 0.717) is 5.56 Å². The number of halogens is 3. The van der Waals surface area contributed by atoms with Crippen molar-refractivity contribution in [2.45, 2.75) is 53.3 Å². The molecule has 1 rings (SSSR count). The van der Waals surface area contributed by atoms with Gasteiger partial charge in [-0.1, -0.05) is 13.8 Å². The number of nitrogens with zero attached hydrogens (tertiary/aromatic N) is 2. The lowest BCUT2D eigenvalue weighted by atomic mass is 10.2. The number of rotatable bonds is 3. The van der Waals surface area contributed by atoms with Crippen molar-refractivity contribution < 1.29 is 13.2 Å². The quantitative estimate of drug-likeness (QED) is 0.778. The molecule has 0 aliphatic carbocycles. The Kier molecular flexibility index (Phi) is 5.55. The summed E-state index contributed by atoms with van der Waals surface area (Å²) in [5.74, 6) is 0. The molecule has 1 aromatic rings. The van der Waals surface area contributed by atoms with Gasteiger partial charge in [0, 0.05) is 6.20 Å². The monoisotopic (exact) mass is 236 g/mol. The molecule has 0 amide bonds. The Morgan fingerprint density at radius 3 is 2.19 bits per heavy atom. The maximum absolute atomic E-state index is 13.2. The van der Waals surface area contributed by atoms with E-state index < -0.39 is 12.1 Å². The van der Waals surface area contributed by atoms with Crippen molar-refractivity contribution in [3.8, 4) is 0 Å². The van der Waals surface area contributed by atoms with Crippen LogP contribution in [0.2, 0.25) is 0 Å². The van der Waals surface area contributed by atoms with E-state index in [1.54, 1.807) is 0 Å². The second-order valence-electron chi connectivity index (χ2n) is 3.91. The van der Waals surface area contributed by atoms with E-state index in [9.17, 15) is 13.2 Å². The average molecular weight is 236 g/mol. The summed E-state index contributed by atoms with van der Waals surface area (Å²) in [7, 11) is 0. The number of alkyl halides is 3. The van der Waals surface area contributed by atoms with Gasteiger partial charge in [-0.2, -0.15) is 5.10 Å². The molecule has 0 bridgehead atoms. The molecule has 0 saturated heterocycles. The van der Waals surface area contributed by atoms with E-state index in [4.69, 9.17) is 0 Å². The lowest BCUT2D eigenvalue weighted by Crippen LogP contribution is -2.21. The summed E-state index contributed by atoms with van der Waals surface area (Å²) in [6.45, 7) is 8.29. The van der Waals surface area contributed by atoms with Gasteiger partial charge in [-0.3, -0.25) is 4.68 Å². The highest BCUT2D eigenvalue weighted by Crippen LogP contribution is 2.21. The van der Waals surface area contributed by atoms with Gasteiger partial charge >= 0.3 is 0 Å². The van der Waals surface area contributed by atoms with Gasteiger partial charge in [0.25, 0.3) is 6.43 Å². The number of aromatic nitrogens is 2. The third kappa shape index (κ3) is 4.68. The molecule has 0 saturated carbocycles. The van der Waals surface area contributed by atoms with Crippen LogP contribution in [0.4, 0.5) is 13.2 Å². The molecule has 0 spiro atoms. The van der Waals surface area contributed by atoms with Crippen LogP contribution in [-0.4, -0.2) is 15.4 Å². The summed E-state index contributed by atoms with van der Waals surface area (Å²) in [5.41, 5.74) is -1.32. The van der Waals surface area contributed by atoms with E-state index in [1.165, 1.54) is 31.6 Å². The van der Waals surface area contributed by atoms with Crippen LogP contribution in [0.1, 0.15) is 45.4 Å². The minimum atomic E-state index is -2.60. The number of hydrogen-bond donors (Lipinski definition) is 0. The molecule has 0 radical (unpaired) electrons. The first-order valence-electron chi connectivity index (χ1n) is 5.30. The Morgan fingerprint density at radius 2 is 1.88 bits per heavy atom. The van der Waals surface area contributed by atoms with Crippen molar-refractivity contribution in [3.05, 3.63) is 17.5 Å². The zero-order valence-electron chi connectivity index (χ0n) is 10.4. The highest BCUT2D eigenvalue weighted by atomic mass is 19.3. The Balaban J connectivity index is 0.00000106. The molecule has 0 aliphatic rings. The van der Waals surface area contributed by atoms with Crippen LogP contribution in [0.25, 0.3) is 0 Å². The Bertz CT molecular complexity index is 314. The zero-order chi connectivity index (χ0) is 12.9. The molecule has 1 heterocycles. The first kappa shape index (κ1) is 15.0. The van der Waals surface area contributed by atoms with Crippen molar-refractivity contribution in [3.63, 3.8) is 0 Å². The summed E-state index contributed by atoms with van der Waals surface area (Å²) < 4.78 is 39.0. The molecule has 0 aliphatic heterocycles. The molecular weight excluding hydrogens is 217 g/mol. The van der Waals surface area contributed by atoms with Gasteiger partial charge in [-0.25, -0.2) is 13.2 Å². The van der Waals surface area contributed by atoms with Gasteiger partial charge in [0.2, 0.25) is 0 Å². The van der Waals surface area contributed by atoms with Crippen LogP contribution in [0, 0.1) is 6.92 Å². The SMILES string of the molecule is CC.Cc1cn(CC(C)(C)F)nc1C(F)F. The molecule has 5 heteroatoms. The lowest BCUT2D eigenvalue weighted by molar-refractivity contribution is 0.140. The van der Waals surface area contributed by atoms with Crippen molar-refractivity contribution in [1.82, 2.24) is 9.78 Å². The molecule has 0 N–H and O–H groups in total. The minimum absolute atomic E-state index is 0.0133. The van der Waals surface area contributed by atoms with Gasteiger partial charge < -0.3 is 0 Å². The van der Waals surface area contributed by atoms with Crippen molar-refractivity contribution in [2.75, 3.05) is 0 Å². The topological polar surface area (TPSA) is 17.8 Å². The largest absolute Gasteiger partial charge is 0.282 e. The third-order valence-electron chi connectivity index (χ3n) is 1.73. The van der Waals surface area contributed by atoms with Gasteiger partial charge in [-0.15, -0.1) is 0 Å². The first-order chi connectivity index (χ1) is 7.29. The fourth-order valence-corrected chi connectivity index (χ4v) is 1.22. The fourth-order valence-electron chi connectivity index (χ4n) is 1.22. The third-order valence-corrected chi connectivity index (χ3v) is 1.73. The van der Waals surface area contributed by atoms with E-state index in [1.807, 2.05) is 13.8 Å². The summed E-state index contributed by atoms with van der Waals surface area (Å²) >= 11 is 0. The van der Waals surface area contributed by atoms with Crippen LogP contribution in [0.5, 0.6) is 0 Å². The number of aryl methyl sites for hydroxylation is 1. The highest BCUT2D eigenvalue weighted by Gasteiger charge is 2.20. The fraction of sp³-hybridized carbons (Fsp3) is 0.727. The van der Waals surface area contributed by atoms with Crippen molar-refractivity contribution in [1.29, 1.82) is 0 Å². The first-order valence-corrected chi connectivity index (χ1v) is 5.30.